The van der Waals surface area contributed by atoms with Crippen molar-refractivity contribution in [2.24, 2.45) is 0 Å². The number of fused-ring (bicyclic) bond motifs is 4. The maximum atomic E-state index is 13.8. The Morgan fingerprint density at radius 3 is 2.66 bits per heavy atom. The van der Waals surface area contributed by atoms with Crippen molar-refractivity contribution in [2.45, 2.75) is 50.9 Å². The number of benzene rings is 3. The Morgan fingerprint density at radius 1 is 1.12 bits per heavy atom. The summed E-state index contributed by atoms with van der Waals surface area (Å²) in [6.45, 7) is 3.34. The van der Waals surface area contributed by atoms with E-state index < -0.39 is 23.2 Å². The van der Waals surface area contributed by atoms with Crippen molar-refractivity contribution in [3.05, 3.63) is 89.1 Å². The smallest absolute Gasteiger partial charge is 0.418 e. The summed E-state index contributed by atoms with van der Waals surface area (Å²) >= 11 is 0. The van der Waals surface area contributed by atoms with E-state index in [0.717, 1.165) is 17.0 Å². The van der Waals surface area contributed by atoms with Crippen LogP contribution in [0.1, 0.15) is 47.4 Å². The first-order valence-electron chi connectivity index (χ1n) is 13.5. The van der Waals surface area contributed by atoms with E-state index in [9.17, 15) is 23.1 Å². The first-order valence-corrected chi connectivity index (χ1v) is 13.5. The van der Waals surface area contributed by atoms with Crippen molar-refractivity contribution in [3.8, 4) is 17.1 Å². The molecule has 1 aliphatic rings. The molecule has 1 amide bonds. The number of amides is 1. The van der Waals surface area contributed by atoms with Gasteiger partial charge in [0, 0.05) is 28.5 Å². The van der Waals surface area contributed by atoms with Gasteiger partial charge in [-0.15, -0.1) is 0 Å². The Labute approximate surface area is 234 Å². The Bertz CT molecular complexity index is 1740. The van der Waals surface area contributed by atoms with Gasteiger partial charge in [-0.3, -0.25) is 4.79 Å². The maximum Gasteiger partial charge on any atom is 0.418 e. The molecule has 9 heteroatoms. The van der Waals surface area contributed by atoms with Gasteiger partial charge >= 0.3 is 6.18 Å². The number of aryl methyl sites for hydroxylation is 1. The molecule has 5 aromatic rings. The third-order valence-electron chi connectivity index (χ3n) is 7.68. The molecule has 0 saturated heterocycles. The average Bonchev–Trinajstić information content (AvgIpc) is 3.53. The highest BCUT2D eigenvalue weighted by Crippen LogP contribution is 2.40. The summed E-state index contributed by atoms with van der Waals surface area (Å²) in [7, 11) is 0. The van der Waals surface area contributed by atoms with Crippen LogP contribution in [-0.2, 0) is 19.0 Å². The number of ether oxygens (including phenoxy) is 1. The molecule has 41 heavy (non-hydrogen) atoms. The van der Waals surface area contributed by atoms with Gasteiger partial charge in [0.2, 0.25) is 0 Å². The second-order valence-corrected chi connectivity index (χ2v) is 10.9. The average molecular weight is 563 g/mol. The molecule has 0 bridgehead atoms. The summed E-state index contributed by atoms with van der Waals surface area (Å²) in [4.78, 5) is 16.8. The van der Waals surface area contributed by atoms with Gasteiger partial charge in [-0.05, 0) is 68.7 Å². The van der Waals surface area contributed by atoms with Crippen LogP contribution >= 0.6 is 0 Å². The van der Waals surface area contributed by atoms with Gasteiger partial charge < -0.3 is 24.6 Å². The number of furan rings is 1. The number of aliphatic hydroxyl groups is 1. The van der Waals surface area contributed by atoms with Crippen molar-refractivity contribution >= 4 is 27.8 Å². The highest BCUT2D eigenvalue weighted by molar-refractivity contribution is 5.99. The van der Waals surface area contributed by atoms with E-state index in [2.05, 4.69) is 10.3 Å². The van der Waals surface area contributed by atoms with Gasteiger partial charge in [-0.25, -0.2) is 0 Å². The van der Waals surface area contributed by atoms with E-state index in [4.69, 9.17) is 9.15 Å². The number of rotatable bonds is 6. The first kappa shape index (κ1) is 27.0. The monoisotopic (exact) mass is 562 g/mol. The van der Waals surface area contributed by atoms with Gasteiger partial charge in [-0.1, -0.05) is 30.3 Å². The number of aliphatic hydroxyl groups excluding tert-OH is 1. The lowest BCUT2D eigenvalue weighted by Crippen LogP contribution is -2.54. The highest BCUT2D eigenvalue weighted by atomic mass is 19.4. The summed E-state index contributed by atoms with van der Waals surface area (Å²) in [5, 5.41) is 14.9. The van der Waals surface area contributed by atoms with Crippen LogP contribution in [0.2, 0.25) is 0 Å². The molecule has 2 aromatic heterocycles. The van der Waals surface area contributed by atoms with Crippen LogP contribution in [0.3, 0.4) is 0 Å². The predicted molar refractivity (Wildman–Crippen MR) is 150 cm³/mol. The number of halogens is 3. The van der Waals surface area contributed by atoms with Crippen LogP contribution < -0.4 is 10.1 Å². The number of aromatic nitrogens is 1. The second-order valence-electron chi connectivity index (χ2n) is 10.9. The number of H-pyrrole nitrogens is 1. The van der Waals surface area contributed by atoms with Gasteiger partial charge in [0.1, 0.15) is 17.1 Å². The van der Waals surface area contributed by atoms with Crippen molar-refractivity contribution < 1.29 is 32.2 Å². The van der Waals surface area contributed by atoms with E-state index in [1.54, 1.807) is 18.2 Å². The number of carbonyl (C=O) groups excluding carboxylic acids is 1. The van der Waals surface area contributed by atoms with Gasteiger partial charge in [0.25, 0.3) is 5.91 Å². The topological polar surface area (TPSA) is 87.5 Å². The summed E-state index contributed by atoms with van der Waals surface area (Å²) in [5.74, 6) is 0.519. The van der Waals surface area contributed by atoms with Crippen LogP contribution in [0.4, 0.5) is 13.2 Å². The molecule has 0 fully saturated rings. The van der Waals surface area contributed by atoms with Crippen LogP contribution in [-0.4, -0.2) is 34.2 Å². The summed E-state index contributed by atoms with van der Waals surface area (Å²) < 4.78 is 53.0. The van der Waals surface area contributed by atoms with Crippen molar-refractivity contribution in [1.82, 2.24) is 10.3 Å². The first-order chi connectivity index (χ1) is 19.6. The zero-order chi connectivity index (χ0) is 28.9. The van der Waals surface area contributed by atoms with Crippen molar-refractivity contribution in [3.63, 3.8) is 0 Å². The van der Waals surface area contributed by atoms with Gasteiger partial charge in [-0.2, -0.15) is 13.2 Å². The van der Waals surface area contributed by atoms with Gasteiger partial charge in [0.15, 0.2) is 0 Å². The molecule has 0 radical (unpaired) electrons. The fraction of sp³-hybridized carbons (Fsp3) is 0.281. The van der Waals surface area contributed by atoms with Crippen LogP contribution in [0, 0.1) is 0 Å². The number of alkyl halides is 3. The molecule has 212 valence electrons. The number of hydrogen-bond donors (Lipinski definition) is 3. The minimum Gasteiger partial charge on any atom is -0.490 e. The predicted octanol–water partition coefficient (Wildman–Crippen LogP) is 7.04. The second kappa shape index (κ2) is 9.99. The Morgan fingerprint density at radius 2 is 1.93 bits per heavy atom. The Hall–Kier alpha value is -4.24. The normalized spacial score (nSPS) is 17.2. The van der Waals surface area contributed by atoms with Gasteiger partial charge in [0.05, 0.1) is 34.9 Å². The van der Waals surface area contributed by atoms with E-state index in [1.807, 2.05) is 50.2 Å². The molecule has 1 unspecified atom stereocenters. The third-order valence-corrected chi connectivity index (χ3v) is 7.68. The van der Waals surface area contributed by atoms with Crippen LogP contribution in [0.25, 0.3) is 33.2 Å². The molecule has 0 spiro atoms. The number of carbonyl (C=O) groups is 1. The summed E-state index contributed by atoms with van der Waals surface area (Å²) in [5.41, 5.74) is 1.25. The lowest BCUT2D eigenvalue weighted by Gasteiger charge is -2.37. The Kier molecular flexibility index (Phi) is 6.57. The lowest BCUT2D eigenvalue weighted by atomic mass is 9.80. The molecular formula is C32H29F3N2O4. The Balaban J connectivity index is 1.35. The lowest BCUT2D eigenvalue weighted by molar-refractivity contribution is -0.136. The molecule has 3 N–H and O–H groups in total. The molecule has 6 rings (SSSR count). The van der Waals surface area contributed by atoms with Crippen LogP contribution in [0.15, 0.2) is 71.1 Å². The fourth-order valence-corrected chi connectivity index (χ4v) is 5.70. The number of aromatic amines is 1. The summed E-state index contributed by atoms with van der Waals surface area (Å²) in [6.07, 6.45) is -3.81. The molecule has 0 saturated carbocycles. The minimum absolute atomic E-state index is 0.0243. The molecule has 6 nitrogen and oxygen atoms in total. The molecule has 2 heterocycles. The quantitative estimate of drug-likeness (QED) is 0.207. The standard InChI is InChI=1S/C32H29F3N2O4/c1-18(2)40-27-11-10-20(28-15-19-6-3-4-9-26(19)41-28)14-22(27)30(39)37-31(17-38)13-12-25-23(16-31)21-7-5-8-24(29(21)36-25)32(33,34)35/h3-11,14-15,18,36,38H,12-13,16-17H2,1-2H3,(H,37,39). The SMILES string of the molecule is CC(C)Oc1ccc(-c2cc3ccccc3o2)cc1C(=O)NC1(CO)CCc2[nH]c3c(C(F)(F)F)cccc3c2C1. The number of hydrogen-bond acceptors (Lipinski definition) is 4. The fourth-order valence-electron chi connectivity index (χ4n) is 5.70. The summed E-state index contributed by atoms with van der Waals surface area (Å²) in [6, 6.07) is 18.8. The maximum absolute atomic E-state index is 13.8. The van der Waals surface area contributed by atoms with E-state index in [0.29, 0.717) is 46.6 Å². The minimum atomic E-state index is -4.51. The van der Waals surface area contributed by atoms with Crippen molar-refractivity contribution in [2.75, 3.05) is 6.61 Å². The van der Waals surface area contributed by atoms with E-state index >= 15 is 0 Å². The molecule has 3 aromatic carbocycles. The molecular weight excluding hydrogens is 533 g/mol. The molecule has 1 atom stereocenters. The zero-order valence-electron chi connectivity index (χ0n) is 22.6. The number of para-hydroxylation sites is 2. The number of nitrogens with one attached hydrogen (secondary N) is 2. The molecule has 1 aliphatic carbocycles. The highest BCUT2D eigenvalue weighted by Gasteiger charge is 2.40. The zero-order valence-corrected chi connectivity index (χ0v) is 22.6. The van der Waals surface area contributed by atoms with Crippen LogP contribution in [0.5, 0.6) is 5.75 Å². The van der Waals surface area contributed by atoms with Crippen molar-refractivity contribution in [1.29, 1.82) is 0 Å². The largest absolute Gasteiger partial charge is 0.490 e. The van der Waals surface area contributed by atoms with E-state index in [-0.39, 0.29) is 30.2 Å². The third kappa shape index (κ3) is 4.95. The molecule has 0 aliphatic heterocycles. The van der Waals surface area contributed by atoms with E-state index in [1.165, 1.54) is 6.07 Å².